The number of hydrogen-bond donors (Lipinski definition) is 0. The Morgan fingerprint density at radius 1 is 1.03 bits per heavy atom. The molecule has 2 amide bonds. The fraction of sp³-hybridized carbons (Fsp3) is 0.478. The summed E-state index contributed by atoms with van der Waals surface area (Å²) in [5, 5.41) is 8.75. The number of carbonyl (C=O) groups is 2. The molecule has 0 spiro atoms. The molecule has 164 valence electrons. The van der Waals surface area contributed by atoms with E-state index in [1.807, 2.05) is 47.4 Å². The van der Waals surface area contributed by atoms with Gasteiger partial charge in [-0.25, -0.2) is 0 Å². The lowest BCUT2D eigenvalue weighted by Gasteiger charge is -2.36. The molecule has 1 saturated carbocycles. The summed E-state index contributed by atoms with van der Waals surface area (Å²) in [6.45, 7) is 3.63. The van der Waals surface area contributed by atoms with Crippen LogP contribution in [0.2, 0.25) is 0 Å². The lowest BCUT2D eigenvalue weighted by molar-refractivity contribution is -0.142. The number of piperazine rings is 1. The van der Waals surface area contributed by atoms with E-state index in [0.717, 1.165) is 29.9 Å². The third-order valence-electron chi connectivity index (χ3n) is 5.81. The van der Waals surface area contributed by atoms with Crippen LogP contribution in [0.4, 0.5) is 5.82 Å². The van der Waals surface area contributed by atoms with Gasteiger partial charge in [-0.2, -0.15) is 0 Å². The fourth-order valence-electron chi connectivity index (χ4n) is 3.76. The Morgan fingerprint density at radius 3 is 2.39 bits per heavy atom. The smallest absolute Gasteiger partial charge is 0.242 e. The highest BCUT2D eigenvalue weighted by molar-refractivity contribution is 5.87. The predicted molar refractivity (Wildman–Crippen MR) is 117 cm³/mol. The van der Waals surface area contributed by atoms with E-state index in [1.165, 1.54) is 0 Å². The van der Waals surface area contributed by atoms with E-state index in [9.17, 15) is 9.59 Å². The van der Waals surface area contributed by atoms with Gasteiger partial charge >= 0.3 is 0 Å². The molecule has 8 nitrogen and oxygen atoms in total. The summed E-state index contributed by atoms with van der Waals surface area (Å²) in [5.41, 5.74) is 1.88. The van der Waals surface area contributed by atoms with Crippen LogP contribution in [0.5, 0.6) is 0 Å². The minimum atomic E-state index is -0.00439. The molecule has 0 atom stereocenters. The van der Waals surface area contributed by atoms with Gasteiger partial charge in [-0.1, -0.05) is 30.3 Å². The Hall–Kier alpha value is -3.00. The lowest BCUT2D eigenvalue weighted by Crippen LogP contribution is -2.52. The number of nitrogens with zero attached hydrogens (tertiary/aromatic N) is 5. The molecule has 31 heavy (non-hydrogen) atoms. The van der Waals surface area contributed by atoms with Crippen molar-refractivity contribution in [3.05, 3.63) is 42.5 Å². The molecular weight excluding hydrogens is 394 g/mol. The number of carbonyl (C=O) groups excluding carboxylic acids is 2. The Kier molecular flexibility index (Phi) is 6.76. The van der Waals surface area contributed by atoms with Crippen LogP contribution in [0.15, 0.2) is 42.5 Å². The van der Waals surface area contributed by atoms with Gasteiger partial charge in [0.1, 0.15) is 0 Å². The van der Waals surface area contributed by atoms with Gasteiger partial charge in [-0.3, -0.25) is 9.59 Å². The number of anilines is 1. The highest BCUT2D eigenvalue weighted by Crippen LogP contribution is 2.31. The summed E-state index contributed by atoms with van der Waals surface area (Å²) in [6, 6.07) is 13.9. The first-order valence-corrected chi connectivity index (χ1v) is 10.9. The van der Waals surface area contributed by atoms with Gasteiger partial charge in [0.25, 0.3) is 0 Å². The number of benzene rings is 1. The first kappa shape index (κ1) is 21.2. The number of amides is 2. The van der Waals surface area contributed by atoms with Crippen LogP contribution in [0.25, 0.3) is 11.3 Å². The van der Waals surface area contributed by atoms with Crippen LogP contribution in [-0.2, 0) is 14.3 Å². The molecule has 0 radical (unpaired) electrons. The fourth-order valence-corrected chi connectivity index (χ4v) is 3.76. The maximum atomic E-state index is 12.8. The van der Waals surface area contributed by atoms with E-state index in [-0.39, 0.29) is 24.3 Å². The second-order valence-electron chi connectivity index (χ2n) is 8.04. The number of hydrogen-bond acceptors (Lipinski definition) is 6. The van der Waals surface area contributed by atoms with Crippen molar-refractivity contribution in [2.24, 2.45) is 5.92 Å². The molecule has 1 aromatic carbocycles. The summed E-state index contributed by atoms with van der Waals surface area (Å²) >= 11 is 0. The summed E-state index contributed by atoms with van der Waals surface area (Å²) in [5.74, 6) is 0.990. The average Bonchev–Trinajstić information content (AvgIpc) is 3.67. The molecule has 2 heterocycles. The number of rotatable bonds is 8. The zero-order chi connectivity index (χ0) is 21.6. The molecule has 4 rings (SSSR count). The van der Waals surface area contributed by atoms with Gasteiger partial charge in [0.05, 0.1) is 18.8 Å². The van der Waals surface area contributed by atoms with Crippen molar-refractivity contribution in [3.63, 3.8) is 0 Å². The molecule has 8 heteroatoms. The molecule has 0 bridgehead atoms. The van der Waals surface area contributed by atoms with E-state index < -0.39 is 0 Å². The van der Waals surface area contributed by atoms with Crippen molar-refractivity contribution in [2.75, 3.05) is 57.9 Å². The van der Waals surface area contributed by atoms with Crippen LogP contribution in [0, 0.1) is 5.92 Å². The molecule has 1 aliphatic carbocycles. The molecule has 2 fully saturated rings. The molecule has 1 saturated heterocycles. The van der Waals surface area contributed by atoms with Crippen molar-refractivity contribution in [2.45, 2.75) is 12.8 Å². The topological polar surface area (TPSA) is 78.9 Å². The Morgan fingerprint density at radius 2 is 1.77 bits per heavy atom. The maximum Gasteiger partial charge on any atom is 0.242 e. The van der Waals surface area contributed by atoms with Crippen molar-refractivity contribution in [1.82, 2.24) is 20.0 Å². The predicted octanol–water partition coefficient (Wildman–Crippen LogP) is 1.68. The zero-order valence-electron chi connectivity index (χ0n) is 17.9. The summed E-state index contributed by atoms with van der Waals surface area (Å²) in [6.07, 6.45) is 1.86. The molecule has 1 aliphatic heterocycles. The largest absolute Gasteiger partial charge is 0.383 e. The van der Waals surface area contributed by atoms with E-state index in [4.69, 9.17) is 4.74 Å². The highest BCUT2D eigenvalue weighted by atomic mass is 16.5. The highest BCUT2D eigenvalue weighted by Gasteiger charge is 2.34. The first-order valence-electron chi connectivity index (χ1n) is 10.9. The monoisotopic (exact) mass is 423 g/mol. The molecule has 0 N–H and O–H groups in total. The minimum Gasteiger partial charge on any atom is -0.383 e. The average molecular weight is 424 g/mol. The maximum absolute atomic E-state index is 12.8. The van der Waals surface area contributed by atoms with Crippen LogP contribution < -0.4 is 4.90 Å². The van der Waals surface area contributed by atoms with Crippen LogP contribution >= 0.6 is 0 Å². The van der Waals surface area contributed by atoms with Gasteiger partial charge < -0.3 is 19.4 Å². The molecule has 0 unspecified atom stereocenters. The van der Waals surface area contributed by atoms with Gasteiger partial charge in [0.15, 0.2) is 5.82 Å². The number of aromatic nitrogens is 2. The quantitative estimate of drug-likeness (QED) is 0.643. The van der Waals surface area contributed by atoms with E-state index in [0.29, 0.717) is 39.3 Å². The van der Waals surface area contributed by atoms with Gasteiger partial charge in [0.2, 0.25) is 11.8 Å². The third-order valence-corrected chi connectivity index (χ3v) is 5.81. The van der Waals surface area contributed by atoms with Gasteiger partial charge in [-0.15, -0.1) is 10.2 Å². The summed E-state index contributed by atoms with van der Waals surface area (Å²) in [7, 11) is 1.61. The lowest BCUT2D eigenvalue weighted by atomic mass is 10.1. The Balaban J connectivity index is 1.30. The molecule has 2 aromatic rings. The van der Waals surface area contributed by atoms with Crippen LogP contribution in [0.3, 0.4) is 0 Å². The summed E-state index contributed by atoms with van der Waals surface area (Å²) in [4.78, 5) is 30.9. The van der Waals surface area contributed by atoms with Crippen molar-refractivity contribution < 1.29 is 14.3 Å². The zero-order valence-corrected chi connectivity index (χ0v) is 17.9. The standard InChI is InChI=1S/C23H29N5O3/c1-31-16-15-28(23(30)19-7-8-19)17-22(29)27-13-11-26(12-14-27)21-10-9-20(24-25-21)18-5-3-2-4-6-18/h2-6,9-10,19H,7-8,11-17H2,1H3. The Labute approximate surface area is 182 Å². The first-order chi connectivity index (χ1) is 15.2. The van der Waals surface area contributed by atoms with Crippen molar-refractivity contribution in [1.29, 1.82) is 0 Å². The second-order valence-corrected chi connectivity index (χ2v) is 8.04. The summed E-state index contributed by atoms with van der Waals surface area (Å²) < 4.78 is 5.11. The van der Waals surface area contributed by atoms with Crippen molar-refractivity contribution >= 4 is 17.6 Å². The van der Waals surface area contributed by atoms with E-state index in [2.05, 4.69) is 15.1 Å². The molecule has 1 aromatic heterocycles. The Bertz CT molecular complexity index is 878. The van der Waals surface area contributed by atoms with Crippen molar-refractivity contribution in [3.8, 4) is 11.3 Å². The molecular formula is C23H29N5O3. The van der Waals surface area contributed by atoms with E-state index in [1.54, 1.807) is 12.0 Å². The van der Waals surface area contributed by atoms with Crippen LogP contribution in [0.1, 0.15) is 12.8 Å². The second kappa shape index (κ2) is 9.87. The minimum absolute atomic E-state index is 0.00439. The SMILES string of the molecule is COCCN(CC(=O)N1CCN(c2ccc(-c3ccccc3)nn2)CC1)C(=O)C1CC1. The number of ether oxygens (including phenoxy) is 1. The molecule has 2 aliphatic rings. The normalized spacial score (nSPS) is 16.3. The number of methoxy groups -OCH3 is 1. The third kappa shape index (κ3) is 5.38. The van der Waals surface area contributed by atoms with Gasteiger partial charge in [-0.05, 0) is 25.0 Å². The van der Waals surface area contributed by atoms with Gasteiger partial charge in [0, 0.05) is 51.3 Å². The van der Waals surface area contributed by atoms with Crippen LogP contribution in [-0.4, -0.2) is 84.8 Å². The van der Waals surface area contributed by atoms with E-state index >= 15 is 0 Å².